The second kappa shape index (κ2) is 11.7. The van der Waals surface area contributed by atoms with Gasteiger partial charge in [0.2, 0.25) is 11.7 Å². The minimum Gasteiger partial charge on any atom is -0.493 e. The molecule has 0 atom stereocenters. The van der Waals surface area contributed by atoms with Crippen LogP contribution in [0.15, 0.2) is 59.3 Å². The van der Waals surface area contributed by atoms with E-state index in [0.717, 1.165) is 11.3 Å². The number of aromatic nitrogens is 3. The molecule has 0 radical (unpaired) electrons. The molecule has 1 aliphatic rings. The molecule has 0 aliphatic carbocycles. The number of fused-ring (bicyclic) bond motifs is 2. The Balaban J connectivity index is 0.000000771. The average Bonchev–Trinajstić information content (AvgIpc) is 3.55. The van der Waals surface area contributed by atoms with Crippen molar-refractivity contribution in [2.75, 3.05) is 11.9 Å². The molecule has 5 rings (SSSR count). The molecule has 0 bridgehead atoms. The van der Waals surface area contributed by atoms with Crippen molar-refractivity contribution < 1.29 is 13.9 Å². The highest BCUT2D eigenvalue weighted by Gasteiger charge is 2.20. The molecule has 178 valence electrons. The van der Waals surface area contributed by atoms with Crippen molar-refractivity contribution in [2.45, 2.75) is 40.7 Å². The number of imidazole rings is 1. The lowest BCUT2D eigenvalue weighted by atomic mass is 10.0. The summed E-state index contributed by atoms with van der Waals surface area (Å²) in [5.41, 5.74) is 2.85. The maximum absolute atomic E-state index is 14.4. The molecule has 0 amide bonds. The Labute approximate surface area is 207 Å². The van der Waals surface area contributed by atoms with Crippen LogP contribution in [-0.2, 0) is 13.0 Å². The van der Waals surface area contributed by atoms with Crippen LogP contribution in [0.5, 0.6) is 5.75 Å². The molecule has 0 saturated carbocycles. The molecule has 2 aromatic carbocycles. The number of halogens is 2. The first-order valence-electron chi connectivity index (χ1n) is 11.4. The zero-order valence-electron chi connectivity index (χ0n) is 19.7. The van der Waals surface area contributed by atoms with Gasteiger partial charge in [0.05, 0.1) is 11.1 Å². The molecule has 0 unspecified atom stereocenters. The molecule has 0 fully saturated rings. The summed E-state index contributed by atoms with van der Waals surface area (Å²) < 4.78 is 22.3. The number of hydrogen-bond donors (Lipinski definition) is 1. The van der Waals surface area contributed by atoms with E-state index in [0.29, 0.717) is 45.9 Å². The number of nitrogens with zero attached hydrogens (tertiary/aromatic N) is 3. The molecule has 4 aromatic rings. The maximum atomic E-state index is 14.4. The van der Waals surface area contributed by atoms with E-state index in [9.17, 15) is 9.18 Å². The lowest BCUT2D eigenvalue weighted by Gasteiger charge is -2.12. The number of carbonyl (C=O) groups is 1. The number of nitrogens with one attached hydrogen (secondary N) is 1. The standard InChI is InChI=1S/C22H16BrFN4O2.2C2H6/c23-16-11-26-22(25-10-15-14-8-9-30-19(14)7-6-17(15)24)28-12-18(27-21(16)28)20(29)13-4-2-1-3-5-13;2*1-2/h1-7,11-12H,8-10H2,(H,25,26);2*1-2H3. The zero-order chi connectivity index (χ0) is 24.7. The van der Waals surface area contributed by atoms with Crippen LogP contribution in [0.1, 0.15) is 54.9 Å². The first kappa shape index (κ1) is 25.4. The summed E-state index contributed by atoms with van der Waals surface area (Å²) in [6.45, 7) is 8.79. The van der Waals surface area contributed by atoms with Crippen molar-refractivity contribution in [3.8, 4) is 5.75 Å². The Kier molecular flexibility index (Phi) is 8.76. The Hall–Kier alpha value is -3.26. The van der Waals surface area contributed by atoms with E-state index in [2.05, 4.69) is 31.2 Å². The van der Waals surface area contributed by atoms with Gasteiger partial charge in [-0.15, -0.1) is 0 Å². The highest BCUT2D eigenvalue weighted by molar-refractivity contribution is 9.10. The van der Waals surface area contributed by atoms with Gasteiger partial charge >= 0.3 is 0 Å². The normalized spacial score (nSPS) is 11.5. The highest BCUT2D eigenvalue weighted by Crippen LogP contribution is 2.31. The van der Waals surface area contributed by atoms with Gasteiger partial charge in [-0.3, -0.25) is 9.20 Å². The largest absolute Gasteiger partial charge is 0.493 e. The van der Waals surface area contributed by atoms with Gasteiger partial charge in [0.25, 0.3) is 0 Å². The molecule has 8 heteroatoms. The summed E-state index contributed by atoms with van der Waals surface area (Å²) >= 11 is 3.44. The summed E-state index contributed by atoms with van der Waals surface area (Å²) in [6, 6.07) is 12.1. The van der Waals surface area contributed by atoms with E-state index in [1.54, 1.807) is 35.0 Å². The van der Waals surface area contributed by atoms with E-state index < -0.39 is 0 Å². The Morgan fingerprint density at radius 1 is 1.15 bits per heavy atom. The van der Waals surface area contributed by atoms with Gasteiger partial charge in [0.1, 0.15) is 17.3 Å². The van der Waals surface area contributed by atoms with Gasteiger partial charge in [-0.1, -0.05) is 58.0 Å². The zero-order valence-corrected chi connectivity index (χ0v) is 21.3. The number of rotatable bonds is 5. The molecular formula is C26H28BrFN4O2. The van der Waals surface area contributed by atoms with Crippen LogP contribution in [0.3, 0.4) is 0 Å². The maximum Gasteiger partial charge on any atom is 0.212 e. The van der Waals surface area contributed by atoms with Crippen LogP contribution in [-0.4, -0.2) is 26.8 Å². The molecule has 6 nitrogen and oxygen atoms in total. The molecule has 2 aromatic heterocycles. The third-order valence-electron chi connectivity index (χ3n) is 5.08. The van der Waals surface area contributed by atoms with Crippen molar-refractivity contribution in [3.05, 3.63) is 87.5 Å². The van der Waals surface area contributed by atoms with Gasteiger partial charge < -0.3 is 10.1 Å². The molecule has 0 saturated heterocycles. The molecule has 1 N–H and O–H groups in total. The third kappa shape index (κ3) is 5.12. The van der Waals surface area contributed by atoms with Crippen molar-refractivity contribution in [1.82, 2.24) is 14.4 Å². The quantitative estimate of drug-likeness (QED) is 0.302. The number of ether oxygens (including phenoxy) is 1. The first-order chi connectivity index (χ1) is 16.6. The van der Waals surface area contributed by atoms with Crippen molar-refractivity contribution in [2.24, 2.45) is 0 Å². The summed E-state index contributed by atoms with van der Waals surface area (Å²) in [5, 5.41) is 3.18. The van der Waals surface area contributed by atoms with Gasteiger partial charge in [-0.2, -0.15) is 0 Å². The van der Waals surface area contributed by atoms with E-state index in [-0.39, 0.29) is 18.1 Å². The van der Waals surface area contributed by atoms with Gasteiger partial charge in [0, 0.05) is 42.0 Å². The van der Waals surface area contributed by atoms with Crippen molar-refractivity contribution in [1.29, 1.82) is 0 Å². The van der Waals surface area contributed by atoms with Gasteiger partial charge in [0.15, 0.2) is 5.65 Å². The highest BCUT2D eigenvalue weighted by atomic mass is 79.9. The van der Waals surface area contributed by atoms with Crippen molar-refractivity contribution >= 4 is 33.3 Å². The Morgan fingerprint density at radius 3 is 2.62 bits per heavy atom. The molecule has 1 aliphatic heterocycles. The topological polar surface area (TPSA) is 68.5 Å². The van der Waals surface area contributed by atoms with Crippen LogP contribution in [0, 0.1) is 5.82 Å². The fraction of sp³-hybridized carbons (Fsp3) is 0.269. The SMILES string of the molecule is CC.CC.O=C(c1ccccc1)c1cn2c(NCc3c(F)ccc4c3CCO4)ncc(Br)c2n1. The van der Waals surface area contributed by atoms with Gasteiger partial charge in [-0.05, 0) is 28.1 Å². The smallest absolute Gasteiger partial charge is 0.212 e. The average molecular weight is 527 g/mol. The monoisotopic (exact) mass is 526 g/mol. The first-order valence-corrected chi connectivity index (χ1v) is 12.2. The van der Waals surface area contributed by atoms with E-state index in [1.807, 2.05) is 45.9 Å². The fourth-order valence-electron chi connectivity index (χ4n) is 3.60. The second-order valence-electron chi connectivity index (χ2n) is 6.90. The van der Waals surface area contributed by atoms with Gasteiger partial charge in [-0.25, -0.2) is 14.4 Å². The molecule has 0 spiro atoms. The number of carbonyl (C=O) groups excluding carboxylic acids is 1. The van der Waals surface area contributed by atoms with Crippen LogP contribution in [0.2, 0.25) is 0 Å². The second-order valence-corrected chi connectivity index (χ2v) is 7.75. The van der Waals surface area contributed by atoms with Crippen molar-refractivity contribution in [3.63, 3.8) is 0 Å². The van der Waals surface area contributed by atoms with E-state index in [4.69, 9.17) is 4.74 Å². The molecule has 3 heterocycles. The number of benzene rings is 2. The van der Waals surface area contributed by atoms with Crippen LogP contribution in [0.4, 0.5) is 10.3 Å². The van der Waals surface area contributed by atoms with Crippen LogP contribution >= 0.6 is 15.9 Å². The predicted octanol–water partition coefficient (Wildman–Crippen LogP) is 6.46. The van der Waals surface area contributed by atoms with E-state index >= 15 is 0 Å². The summed E-state index contributed by atoms with van der Waals surface area (Å²) in [7, 11) is 0. The summed E-state index contributed by atoms with van der Waals surface area (Å²) in [5.74, 6) is 0.719. The lowest BCUT2D eigenvalue weighted by Crippen LogP contribution is -2.09. The van der Waals surface area contributed by atoms with E-state index in [1.165, 1.54) is 6.07 Å². The summed E-state index contributed by atoms with van der Waals surface area (Å²) in [6.07, 6.45) is 3.92. The Morgan fingerprint density at radius 2 is 1.88 bits per heavy atom. The predicted molar refractivity (Wildman–Crippen MR) is 136 cm³/mol. The van der Waals surface area contributed by atoms with Crippen LogP contribution < -0.4 is 10.1 Å². The Bertz CT molecular complexity index is 1280. The lowest BCUT2D eigenvalue weighted by molar-refractivity contribution is 0.103. The number of ketones is 1. The number of anilines is 1. The molecule has 34 heavy (non-hydrogen) atoms. The van der Waals surface area contributed by atoms with Crippen LogP contribution in [0.25, 0.3) is 5.65 Å². The minimum absolute atomic E-state index is 0.179. The fourth-order valence-corrected chi connectivity index (χ4v) is 3.98. The summed E-state index contributed by atoms with van der Waals surface area (Å²) in [4.78, 5) is 21.7. The third-order valence-corrected chi connectivity index (χ3v) is 5.64. The minimum atomic E-state index is -0.286. The molecular weight excluding hydrogens is 499 g/mol. The number of hydrogen-bond acceptors (Lipinski definition) is 5.